The van der Waals surface area contributed by atoms with Crippen molar-refractivity contribution < 1.29 is 14.3 Å². The third-order valence-corrected chi connectivity index (χ3v) is 5.09. The molecule has 2 unspecified atom stereocenters. The fourth-order valence-electron chi connectivity index (χ4n) is 1.86. The van der Waals surface area contributed by atoms with E-state index in [1.54, 1.807) is 0 Å². The maximum atomic E-state index is 11.7. The van der Waals surface area contributed by atoms with Crippen molar-refractivity contribution in [3.63, 3.8) is 0 Å². The van der Waals surface area contributed by atoms with Gasteiger partial charge < -0.3 is 14.8 Å². The van der Waals surface area contributed by atoms with Crippen LogP contribution in [0.2, 0.25) is 0 Å². The van der Waals surface area contributed by atoms with Gasteiger partial charge in [-0.1, -0.05) is 27.2 Å². The van der Waals surface area contributed by atoms with Crippen LogP contribution in [0.25, 0.3) is 0 Å². The van der Waals surface area contributed by atoms with Crippen molar-refractivity contribution in [3.8, 4) is 0 Å². The number of thioether (sulfide) groups is 1. The predicted molar refractivity (Wildman–Crippen MR) is 90.9 cm³/mol. The van der Waals surface area contributed by atoms with E-state index in [9.17, 15) is 4.79 Å². The predicted octanol–water partition coefficient (Wildman–Crippen LogP) is 3.10. The Bertz CT molecular complexity index is 270. The van der Waals surface area contributed by atoms with Crippen LogP contribution in [-0.2, 0) is 14.3 Å². The quantitative estimate of drug-likeness (QED) is 0.394. The van der Waals surface area contributed by atoms with Crippen molar-refractivity contribution in [2.75, 3.05) is 39.2 Å². The maximum Gasteiger partial charge on any atom is 0.161 e. The van der Waals surface area contributed by atoms with Crippen molar-refractivity contribution in [2.45, 2.75) is 51.8 Å². The Morgan fingerprint density at radius 3 is 2.48 bits per heavy atom. The van der Waals surface area contributed by atoms with Gasteiger partial charge in [0, 0.05) is 12.5 Å². The molecule has 0 saturated heterocycles. The highest BCUT2D eigenvalue weighted by Crippen LogP contribution is 2.21. The number of ether oxygens (including phenoxy) is 2. The van der Waals surface area contributed by atoms with Gasteiger partial charge in [0.05, 0.1) is 24.7 Å². The molecular formula is C16H33NO3S. The van der Waals surface area contributed by atoms with Gasteiger partial charge in [0.15, 0.2) is 5.78 Å². The molecule has 0 radical (unpaired) electrons. The summed E-state index contributed by atoms with van der Waals surface area (Å²) >= 11 is 1.83. The van der Waals surface area contributed by atoms with E-state index in [1.165, 1.54) is 0 Å². The standard InChI is InChI=1S/C16H33NO3S/c1-6-8-14(3)15(18)13-20-12-11-19-10-9-17-16(4,7-2)21-5/h14,17H,6-13H2,1-5H3. The van der Waals surface area contributed by atoms with Gasteiger partial charge in [-0.2, -0.15) is 0 Å². The summed E-state index contributed by atoms with van der Waals surface area (Å²) in [7, 11) is 0. The molecule has 0 amide bonds. The molecule has 0 aliphatic heterocycles. The number of ketones is 1. The van der Waals surface area contributed by atoms with Crippen molar-refractivity contribution in [2.24, 2.45) is 5.92 Å². The first-order valence-electron chi connectivity index (χ1n) is 7.97. The first-order chi connectivity index (χ1) is 9.99. The van der Waals surface area contributed by atoms with E-state index in [-0.39, 0.29) is 23.2 Å². The summed E-state index contributed by atoms with van der Waals surface area (Å²) in [6.07, 6.45) is 5.17. The van der Waals surface area contributed by atoms with Crippen LogP contribution >= 0.6 is 11.8 Å². The van der Waals surface area contributed by atoms with Gasteiger partial charge >= 0.3 is 0 Å². The molecule has 0 rings (SSSR count). The lowest BCUT2D eigenvalue weighted by Gasteiger charge is -2.27. The molecule has 0 fully saturated rings. The highest BCUT2D eigenvalue weighted by atomic mass is 32.2. The molecule has 0 bridgehead atoms. The van der Waals surface area contributed by atoms with E-state index in [2.05, 4.69) is 32.3 Å². The zero-order valence-electron chi connectivity index (χ0n) is 14.4. The Kier molecular flexibility index (Phi) is 12.4. The molecule has 126 valence electrons. The fraction of sp³-hybridized carbons (Fsp3) is 0.938. The molecule has 0 aromatic rings. The zero-order valence-corrected chi connectivity index (χ0v) is 15.2. The summed E-state index contributed by atoms with van der Waals surface area (Å²) in [5.41, 5.74) is 0. The second-order valence-electron chi connectivity index (χ2n) is 5.54. The molecule has 0 aliphatic carbocycles. The fourth-order valence-corrected chi connectivity index (χ4v) is 2.39. The normalized spacial score (nSPS) is 15.7. The minimum Gasteiger partial charge on any atom is -0.378 e. The van der Waals surface area contributed by atoms with Gasteiger partial charge in [-0.25, -0.2) is 0 Å². The molecule has 5 heteroatoms. The largest absolute Gasteiger partial charge is 0.378 e. The molecule has 0 saturated carbocycles. The number of carbonyl (C=O) groups is 1. The molecule has 0 aliphatic rings. The van der Waals surface area contributed by atoms with Crippen molar-refractivity contribution in [1.29, 1.82) is 0 Å². The maximum absolute atomic E-state index is 11.7. The van der Waals surface area contributed by atoms with E-state index in [1.807, 2.05) is 18.7 Å². The summed E-state index contributed by atoms with van der Waals surface area (Å²) < 4.78 is 10.9. The first kappa shape index (κ1) is 20.9. The number of rotatable bonds is 14. The first-order valence-corrected chi connectivity index (χ1v) is 9.20. The Hall–Kier alpha value is -0.100. The molecule has 4 nitrogen and oxygen atoms in total. The lowest BCUT2D eigenvalue weighted by atomic mass is 10.0. The minimum absolute atomic E-state index is 0.110. The lowest BCUT2D eigenvalue weighted by Crippen LogP contribution is -2.40. The van der Waals surface area contributed by atoms with Crippen LogP contribution in [0, 0.1) is 5.92 Å². The van der Waals surface area contributed by atoms with Crippen LogP contribution in [0.15, 0.2) is 0 Å². The molecule has 0 heterocycles. The average Bonchev–Trinajstić information content (AvgIpc) is 2.49. The van der Waals surface area contributed by atoms with Gasteiger partial charge in [0.1, 0.15) is 6.61 Å². The van der Waals surface area contributed by atoms with Gasteiger partial charge in [-0.05, 0) is 26.0 Å². The summed E-state index contributed by atoms with van der Waals surface area (Å²) in [5.74, 6) is 0.301. The molecule has 1 N–H and O–H groups in total. The van der Waals surface area contributed by atoms with Gasteiger partial charge in [0.2, 0.25) is 0 Å². The van der Waals surface area contributed by atoms with E-state index in [4.69, 9.17) is 9.47 Å². The number of nitrogens with one attached hydrogen (secondary N) is 1. The van der Waals surface area contributed by atoms with Gasteiger partial charge in [0.25, 0.3) is 0 Å². The van der Waals surface area contributed by atoms with E-state index in [0.29, 0.717) is 19.8 Å². The molecular weight excluding hydrogens is 286 g/mol. The zero-order chi connectivity index (χ0) is 16.1. The van der Waals surface area contributed by atoms with Crippen LogP contribution in [0.4, 0.5) is 0 Å². The monoisotopic (exact) mass is 319 g/mol. The van der Waals surface area contributed by atoms with Gasteiger partial charge in [-0.15, -0.1) is 11.8 Å². The van der Waals surface area contributed by atoms with Crippen LogP contribution in [0.5, 0.6) is 0 Å². The Balaban J connectivity index is 3.47. The number of hydrogen-bond donors (Lipinski definition) is 1. The number of hydrogen-bond acceptors (Lipinski definition) is 5. The van der Waals surface area contributed by atoms with E-state index < -0.39 is 0 Å². The second-order valence-corrected chi connectivity index (χ2v) is 6.85. The summed E-state index contributed by atoms with van der Waals surface area (Å²) in [5, 5.41) is 3.48. The number of Topliss-reactive ketones (excluding diaryl/α,β-unsaturated/α-hetero) is 1. The molecule has 0 aromatic heterocycles. The Labute approximate surface area is 134 Å². The van der Waals surface area contributed by atoms with Crippen LogP contribution in [0.1, 0.15) is 47.0 Å². The highest BCUT2D eigenvalue weighted by molar-refractivity contribution is 7.99. The summed E-state index contributed by atoms with van der Waals surface area (Å²) in [4.78, 5) is 11.8. The third-order valence-electron chi connectivity index (χ3n) is 3.76. The molecule has 2 atom stereocenters. The van der Waals surface area contributed by atoms with Crippen LogP contribution < -0.4 is 5.32 Å². The smallest absolute Gasteiger partial charge is 0.161 e. The minimum atomic E-state index is 0.110. The highest BCUT2D eigenvalue weighted by Gasteiger charge is 2.18. The van der Waals surface area contributed by atoms with Gasteiger partial charge in [-0.3, -0.25) is 4.79 Å². The van der Waals surface area contributed by atoms with Crippen LogP contribution in [-0.4, -0.2) is 49.9 Å². The molecule has 0 spiro atoms. The second kappa shape index (κ2) is 12.4. The van der Waals surface area contributed by atoms with Crippen molar-refractivity contribution in [3.05, 3.63) is 0 Å². The van der Waals surface area contributed by atoms with E-state index >= 15 is 0 Å². The van der Waals surface area contributed by atoms with Crippen molar-refractivity contribution >= 4 is 17.5 Å². The topological polar surface area (TPSA) is 47.6 Å². The summed E-state index contributed by atoms with van der Waals surface area (Å²) in [6.45, 7) is 11.2. The average molecular weight is 320 g/mol. The van der Waals surface area contributed by atoms with Crippen molar-refractivity contribution in [1.82, 2.24) is 5.32 Å². The summed E-state index contributed by atoms with van der Waals surface area (Å²) in [6, 6.07) is 0. The Morgan fingerprint density at radius 1 is 1.24 bits per heavy atom. The SMILES string of the molecule is CCCC(C)C(=O)COCCOCCNC(C)(CC)SC. The Morgan fingerprint density at radius 2 is 1.90 bits per heavy atom. The van der Waals surface area contributed by atoms with Crippen LogP contribution in [0.3, 0.4) is 0 Å². The lowest BCUT2D eigenvalue weighted by molar-refractivity contribution is -0.127. The molecule has 21 heavy (non-hydrogen) atoms. The number of carbonyl (C=O) groups excluding carboxylic acids is 1. The molecule has 0 aromatic carbocycles. The third kappa shape index (κ3) is 10.3. The van der Waals surface area contributed by atoms with E-state index in [0.717, 1.165) is 25.8 Å².